The van der Waals surface area contributed by atoms with E-state index in [0.29, 0.717) is 12.3 Å². The summed E-state index contributed by atoms with van der Waals surface area (Å²) in [4.78, 5) is 8.95. The predicted octanol–water partition coefficient (Wildman–Crippen LogP) is 3.65. The first kappa shape index (κ1) is 13.1. The van der Waals surface area contributed by atoms with Gasteiger partial charge in [-0.05, 0) is 42.8 Å². The molecule has 0 unspecified atom stereocenters. The molecule has 102 valence electrons. The Labute approximate surface area is 121 Å². The Morgan fingerprint density at radius 1 is 1.30 bits per heavy atom. The van der Waals surface area contributed by atoms with Crippen molar-refractivity contribution >= 4 is 22.8 Å². The molecular weight excluding hydrogens is 277 g/mol. The Balaban J connectivity index is 2.30. The third kappa shape index (κ3) is 2.16. The van der Waals surface area contributed by atoms with E-state index in [9.17, 15) is 4.39 Å². The van der Waals surface area contributed by atoms with Gasteiger partial charge in [-0.1, -0.05) is 0 Å². The highest BCUT2D eigenvalue weighted by Crippen LogP contribution is 2.23. The first-order valence-corrected chi connectivity index (χ1v) is 6.89. The summed E-state index contributed by atoms with van der Waals surface area (Å²) in [7, 11) is 0. The highest BCUT2D eigenvalue weighted by Gasteiger charge is 2.14. The summed E-state index contributed by atoms with van der Waals surface area (Å²) in [5, 5.41) is 0. The Morgan fingerprint density at radius 3 is 2.90 bits per heavy atom. The predicted molar refractivity (Wildman–Crippen MR) is 78.0 cm³/mol. The van der Waals surface area contributed by atoms with Crippen molar-refractivity contribution in [2.75, 3.05) is 5.88 Å². The van der Waals surface area contributed by atoms with Crippen LogP contribution >= 0.6 is 11.6 Å². The normalized spacial score (nSPS) is 11.2. The van der Waals surface area contributed by atoms with Crippen LogP contribution < -0.4 is 0 Å². The molecule has 0 atom stereocenters. The van der Waals surface area contributed by atoms with E-state index < -0.39 is 0 Å². The second kappa shape index (κ2) is 5.21. The van der Waals surface area contributed by atoms with Crippen molar-refractivity contribution in [2.45, 2.75) is 13.3 Å². The van der Waals surface area contributed by atoms with Crippen molar-refractivity contribution in [1.82, 2.24) is 14.5 Å². The molecule has 2 aromatic heterocycles. The number of benzene rings is 1. The van der Waals surface area contributed by atoms with Crippen LogP contribution in [0.15, 0.2) is 36.5 Å². The number of nitrogens with zero attached hydrogens (tertiary/aromatic N) is 3. The average Bonchev–Trinajstić information content (AvgIpc) is 2.78. The molecule has 0 aliphatic heterocycles. The number of alkyl halides is 1. The van der Waals surface area contributed by atoms with E-state index in [1.165, 1.54) is 12.1 Å². The van der Waals surface area contributed by atoms with Gasteiger partial charge in [0.05, 0.1) is 5.69 Å². The van der Waals surface area contributed by atoms with Crippen molar-refractivity contribution in [3.63, 3.8) is 0 Å². The van der Waals surface area contributed by atoms with Crippen molar-refractivity contribution in [2.24, 2.45) is 0 Å². The summed E-state index contributed by atoms with van der Waals surface area (Å²) in [5.74, 6) is 1.06. The second-order valence-electron chi connectivity index (χ2n) is 4.58. The molecule has 3 rings (SSSR count). The van der Waals surface area contributed by atoms with Crippen LogP contribution in [0.3, 0.4) is 0 Å². The number of fused-ring (bicyclic) bond motifs is 1. The van der Waals surface area contributed by atoms with Gasteiger partial charge in [0.1, 0.15) is 17.2 Å². The van der Waals surface area contributed by atoms with Gasteiger partial charge in [-0.25, -0.2) is 14.4 Å². The third-order valence-electron chi connectivity index (χ3n) is 3.20. The topological polar surface area (TPSA) is 30.7 Å². The van der Waals surface area contributed by atoms with Crippen LogP contribution in [0.25, 0.3) is 16.9 Å². The zero-order chi connectivity index (χ0) is 14.1. The van der Waals surface area contributed by atoms with Gasteiger partial charge < -0.3 is 0 Å². The standard InChI is InChI=1S/C15H13ClFN3/c1-10-9-11(17)4-5-13(10)20-14(6-7-16)19-12-3-2-8-18-15(12)20/h2-5,8-9H,6-7H2,1H3. The highest BCUT2D eigenvalue weighted by atomic mass is 35.5. The fraction of sp³-hybridized carbons (Fsp3) is 0.200. The molecule has 3 aromatic rings. The van der Waals surface area contributed by atoms with Gasteiger partial charge in [0.2, 0.25) is 0 Å². The van der Waals surface area contributed by atoms with E-state index in [1.807, 2.05) is 23.6 Å². The fourth-order valence-electron chi connectivity index (χ4n) is 2.33. The van der Waals surface area contributed by atoms with Gasteiger partial charge in [-0.2, -0.15) is 0 Å². The molecule has 0 bridgehead atoms. The Hall–Kier alpha value is -1.94. The van der Waals surface area contributed by atoms with Gasteiger partial charge in [0, 0.05) is 18.5 Å². The van der Waals surface area contributed by atoms with E-state index in [2.05, 4.69) is 9.97 Å². The minimum Gasteiger partial charge on any atom is -0.280 e. The largest absolute Gasteiger partial charge is 0.280 e. The second-order valence-corrected chi connectivity index (χ2v) is 4.96. The molecule has 0 radical (unpaired) electrons. The molecule has 0 spiro atoms. The Bertz CT molecular complexity index is 767. The monoisotopic (exact) mass is 289 g/mol. The van der Waals surface area contributed by atoms with Gasteiger partial charge in [0.25, 0.3) is 0 Å². The quantitative estimate of drug-likeness (QED) is 0.689. The summed E-state index contributed by atoms with van der Waals surface area (Å²) in [5.41, 5.74) is 3.30. The number of aryl methyl sites for hydroxylation is 2. The molecule has 2 heterocycles. The maximum absolute atomic E-state index is 13.3. The number of imidazole rings is 1. The number of halogens is 2. The molecular formula is C15H13ClFN3. The number of hydrogen-bond acceptors (Lipinski definition) is 2. The minimum atomic E-state index is -0.248. The summed E-state index contributed by atoms with van der Waals surface area (Å²) < 4.78 is 15.2. The van der Waals surface area contributed by atoms with Crippen molar-refractivity contribution in [3.8, 4) is 5.69 Å². The lowest BCUT2D eigenvalue weighted by atomic mass is 10.2. The lowest BCUT2D eigenvalue weighted by Crippen LogP contribution is -2.05. The maximum atomic E-state index is 13.3. The number of aromatic nitrogens is 3. The van der Waals surface area contributed by atoms with Crippen LogP contribution in [0.2, 0.25) is 0 Å². The molecule has 3 nitrogen and oxygen atoms in total. The van der Waals surface area contributed by atoms with Crippen LogP contribution in [-0.4, -0.2) is 20.4 Å². The molecule has 1 aromatic carbocycles. The molecule has 0 amide bonds. The fourth-order valence-corrected chi connectivity index (χ4v) is 2.50. The van der Waals surface area contributed by atoms with E-state index in [0.717, 1.165) is 28.2 Å². The zero-order valence-electron chi connectivity index (χ0n) is 11.0. The number of hydrogen-bond donors (Lipinski definition) is 0. The molecule has 0 saturated heterocycles. The van der Waals surface area contributed by atoms with Gasteiger partial charge >= 0.3 is 0 Å². The summed E-state index contributed by atoms with van der Waals surface area (Å²) in [6.45, 7) is 1.87. The van der Waals surface area contributed by atoms with Gasteiger partial charge in [-0.3, -0.25) is 4.57 Å². The highest BCUT2D eigenvalue weighted by molar-refractivity contribution is 6.17. The molecule has 0 aliphatic carbocycles. The SMILES string of the molecule is Cc1cc(F)ccc1-n1c(CCCl)nc2cccnc21. The summed E-state index contributed by atoms with van der Waals surface area (Å²) in [6.07, 6.45) is 2.36. The lowest BCUT2D eigenvalue weighted by Gasteiger charge is -2.11. The van der Waals surface area contributed by atoms with Crippen molar-refractivity contribution in [1.29, 1.82) is 0 Å². The van der Waals surface area contributed by atoms with Crippen LogP contribution in [0.4, 0.5) is 4.39 Å². The van der Waals surface area contributed by atoms with E-state index >= 15 is 0 Å². The third-order valence-corrected chi connectivity index (χ3v) is 3.39. The first-order chi connectivity index (χ1) is 9.70. The Morgan fingerprint density at radius 2 is 2.15 bits per heavy atom. The van der Waals surface area contributed by atoms with Gasteiger partial charge in [0.15, 0.2) is 5.65 Å². The molecule has 0 aliphatic rings. The van der Waals surface area contributed by atoms with Crippen molar-refractivity contribution in [3.05, 3.63) is 53.7 Å². The number of pyridine rings is 1. The molecule has 20 heavy (non-hydrogen) atoms. The maximum Gasteiger partial charge on any atom is 0.164 e. The smallest absolute Gasteiger partial charge is 0.164 e. The summed E-state index contributed by atoms with van der Waals surface area (Å²) in [6, 6.07) is 8.46. The average molecular weight is 290 g/mol. The number of rotatable bonds is 3. The van der Waals surface area contributed by atoms with Crippen LogP contribution in [0.1, 0.15) is 11.4 Å². The van der Waals surface area contributed by atoms with Crippen LogP contribution in [-0.2, 0) is 6.42 Å². The molecule has 0 saturated carbocycles. The van der Waals surface area contributed by atoms with E-state index in [-0.39, 0.29) is 5.82 Å². The molecule has 5 heteroatoms. The van der Waals surface area contributed by atoms with Crippen LogP contribution in [0, 0.1) is 12.7 Å². The zero-order valence-corrected chi connectivity index (χ0v) is 11.7. The van der Waals surface area contributed by atoms with E-state index in [1.54, 1.807) is 12.3 Å². The minimum absolute atomic E-state index is 0.248. The van der Waals surface area contributed by atoms with Crippen LogP contribution in [0.5, 0.6) is 0 Å². The summed E-state index contributed by atoms with van der Waals surface area (Å²) >= 11 is 5.85. The lowest BCUT2D eigenvalue weighted by molar-refractivity contribution is 0.626. The van der Waals surface area contributed by atoms with E-state index in [4.69, 9.17) is 11.6 Å². The molecule has 0 fully saturated rings. The van der Waals surface area contributed by atoms with Gasteiger partial charge in [-0.15, -0.1) is 11.6 Å². The molecule has 0 N–H and O–H groups in total. The van der Waals surface area contributed by atoms with Crippen molar-refractivity contribution < 1.29 is 4.39 Å². The first-order valence-electron chi connectivity index (χ1n) is 6.35. The Kier molecular flexibility index (Phi) is 3.40.